The molecule has 1 saturated heterocycles. The number of ether oxygens (including phenoxy) is 2. The van der Waals surface area contributed by atoms with Crippen molar-refractivity contribution in [2.45, 2.75) is 63.6 Å². The first-order valence-corrected chi connectivity index (χ1v) is 14.1. The van der Waals surface area contributed by atoms with Crippen LogP contribution in [-0.4, -0.2) is 58.2 Å². The third kappa shape index (κ3) is 9.75. The number of hydrogen-bond acceptors (Lipinski definition) is 7. The Morgan fingerprint density at radius 1 is 1.00 bits per heavy atom. The second-order valence-electron chi connectivity index (χ2n) is 10.5. The van der Waals surface area contributed by atoms with E-state index in [2.05, 4.69) is 22.2 Å². The van der Waals surface area contributed by atoms with Gasteiger partial charge in [-0.1, -0.05) is 42.5 Å². The number of pyridine rings is 1. The number of aliphatic carboxylic acids is 1. The summed E-state index contributed by atoms with van der Waals surface area (Å²) < 4.78 is 12.9. The zero-order valence-electron chi connectivity index (χ0n) is 23.4. The number of carboxylic acid groups (broad SMARTS) is 1. The molecular weight excluding hydrogens is 522 g/mol. The molecule has 3 aromatic rings. The van der Waals surface area contributed by atoms with Gasteiger partial charge >= 0.3 is 5.97 Å². The zero-order valence-corrected chi connectivity index (χ0v) is 23.4. The van der Waals surface area contributed by atoms with Crippen LogP contribution < -0.4 is 5.32 Å². The fourth-order valence-electron chi connectivity index (χ4n) is 4.87. The SMILES string of the molecule is CN(CCc1ccccn1)C[C@H]1C[C@@H](c2ccc(CO)cc2)O[C@@H](c2cccc(NC(=O)CCCCC(=O)O)c2)O1. The zero-order chi connectivity index (χ0) is 29.0. The number of carboxylic acids is 1. The van der Waals surface area contributed by atoms with Crippen molar-refractivity contribution in [2.75, 3.05) is 25.5 Å². The normalized spacial score (nSPS) is 18.8. The van der Waals surface area contributed by atoms with Crippen LogP contribution >= 0.6 is 0 Å². The first-order valence-electron chi connectivity index (χ1n) is 14.1. The van der Waals surface area contributed by atoms with Gasteiger partial charge in [0.05, 0.1) is 18.8 Å². The first kappa shape index (κ1) is 30.3. The number of aromatic nitrogens is 1. The van der Waals surface area contributed by atoms with Crippen LogP contribution in [0, 0.1) is 0 Å². The lowest BCUT2D eigenvalue weighted by Gasteiger charge is -2.38. The van der Waals surface area contributed by atoms with E-state index in [4.69, 9.17) is 14.6 Å². The van der Waals surface area contributed by atoms with Gasteiger partial charge in [-0.25, -0.2) is 0 Å². The highest BCUT2D eigenvalue weighted by Gasteiger charge is 2.33. The Morgan fingerprint density at radius 3 is 2.54 bits per heavy atom. The molecule has 1 amide bonds. The predicted molar refractivity (Wildman–Crippen MR) is 155 cm³/mol. The van der Waals surface area contributed by atoms with Crippen molar-refractivity contribution in [3.05, 3.63) is 95.3 Å². The molecule has 0 aliphatic carbocycles. The number of rotatable bonds is 14. The Labute approximate surface area is 241 Å². The summed E-state index contributed by atoms with van der Waals surface area (Å²) in [4.78, 5) is 29.8. The van der Waals surface area contributed by atoms with E-state index in [1.54, 1.807) is 0 Å². The number of nitrogens with zero attached hydrogens (tertiary/aromatic N) is 2. The van der Waals surface area contributed by atoms with E-state index in [1.807, 2.05) is 72.9 Å². The molecule has 0 unspecified atom stereocenters. The maximum atomic E-state index is 12.4. The third-order valence-electron chi connectivity index (χ3n) is 7.09. The maximum Gasteiger partial charge on any atom is 0.303 e. The Morgan fingerprint density at radius 2 is 1.80 bits per heavy atom. The van der Waals surface area contributed by atoms with Gasteiger partial charge in [0.25, 0.3) is 0 Å². The van der Waals surface area contributed by atoms with Gasteiger partial charge in [-0.15, -0.1) is 0 Å². The number of nitrogens with one attached hydrogen (secondary N) is 1. The molecule has 41 heavy (non-hydrogen) atoms. The number of hydrogen-bond donors (Lipinski definition) is 3. The van der Waals surface area contributed by atoms with Crippen molar-refractivity contribution < 1.29 is 29.3 Å². The topological polar surface area (TPSA) is 121 Å². The summed E-state index contributed by atoms with van der Waals surface area (Å²) in [7, 11) is 2.08. The molecule has 1 aliphatic rings. The summed E-state index contributed by atoms with van der Waals surface area (Å²) >= 11 is 0. The van der Waals surface area contributed by atoms with Crippen LogP contribution in [0.25, 0.3) is 0 Å². The number of amides is 1. The van der Waals surface area contributed by atoms with E-state index in [9.17, 15) is 14.7 Å². The Kier molecular flexibility index (Phi) is 11.4. The predicted octanol–water partition coefficient (Wildman–Crippen LogP) is 4.88. The summed E-state index contributed by atoms with van der Waals surface area (Å²) in [6.07, 6.45) is 3.68. The molecule has 1 aromatic heterocycles. The molecule has 9 nitrogen and oxygen atoms in total. The van der Waals surface area contributed by atoms with Gasteiger partial charge in [0.15, 0.2) is 6.29 Å². The number of likely N-dealkylation sites (N-methyl/N-ethyl adjacent to an activating group) is 1. The van der Waals surface area contributed by atoms with E-state index in [-0.39, 0.29) is 37.6 Å². The Hall–Kier alpha value is -3.63. The molecule has 3 N–H and O–H groups in total. The largest absolute Gasteiger partial charge is 0.481 e. The van der Waals surface area contributed by atoms with Crippen molar-refractivity contribution >= 4 is 17.6 Å². The summed E-state index contributed by atoms with van der Waals surface area (Å²) in [5, 5.41) is 21.1. The molecular formula is C32H39N3O6. The van der Waals surface area contributed by atoms with Gasteiger partial charge < -0.3 is 29.9 Å². The third-order valence-corrected chi connectivity index (χ3v) is 7.09. The van der Waals surface area contributed by atoms with E-state index in [1.165, 1.54) is 0 Å². The Balaban J connectivity index is 1.43. The molecule has 3 atom stereocenters. The molecule has 0 radical (unpaired) electrons. The maximum absolute atomic E-state index is 12.4. The number of aliphatic hydroxyl groups excluding tert-OH is 1. The summed E-state index contributed by atoms with van der Waals surface area (Å²) in [5.41, 5.74) is 4.34. The van der Waals surface area contributed by atoms with Gasteiger partial charge in [0.2, 0.25) is 5.91 Å². The second kappa shape index (κ2) is 15.4. The van der Waals surface area contributed by atoms with Crippen LogP contribution in [0.1, 0.15) is 66.9 Å². The molecule has 1 fully saturated rings. The number of unbranched alkanes of at least 4 members (excludes halogenated alkanes) is 1. The van der Waals surface area contributed by atoms with E-state index < -0.39 is 12.3 Å². The highest BCUT2D eigenvalue weighted by atomic mass is 16.7. The number of carbonyl (C=O) groups is 2. The lowest BCUT2D eigenvalue weighted by atomic mass is 9.99. The van der Waals surface area contributed by atoms with Crippen molar-refractivity contribution in [1.82, 2.24) is 9.88 Å². The van der Waals surface area contributed by atoms with E-state index in [0.717, 1.165) is 35.3 Å². The van der Waals surface area contributed by atoms with Crippen molar-refractivity contribution in [1.29, 1.82) is 0 Å². The number of aliphatic hydroxyl groups is 1. The van der Waals surface area contributed by atoms with Gasteiger partial charge in [-0.05, 0) is 55.3 Å². The quantitative estimate of drug-likeness (QED) is 0.238. The van der Waals surface area contributed by atoms with Crippen LogP contribution in [0.15, 0.2) is 72.9 Å². The fourth-order valence-corrected chi connectivity index (χ4v) is 4.87. The highest BCUT2D eigenvalue weighted by Crippen LogP contribution is 2.38. The van der Waals surface area contributed by atoms with Crippen LogP contribution in [0.2, 0.25) is 0 Å². The molecule has 2 heterocycles. The monoisotopic (exact) mass is 561 g/mol. The van der Waals surface area contributed by atoms with Gasteiger partial charge in [0.1, 0.15) is 0 Å². The molecule has 2 aromatic carbocycles. The van der Waals surface area contributed by atoms with Gasteiger partial charge in [0, 0.05) is 61.9 Å². The minimum atomic E-state index is -0.856. The van der Waals surface area contributed by atoms with E-state index in [0.29, 0.717) is 31.5 Å². The van der Waals surface area contributed by atoms with Crippen LogP contribution in [0.4, 0.5) is 5.69 Å². The number of anilines is 1. The van der Waals surface area contributed by atoms with Crippen LogP contribution in [0.5, 0.6) is 0 Å². The molecule has 9 heteroatoms. The smallest absolute Gasteiger partial charge is 0.303 e. The molecule has 1 aliphatic heterocycles. The number of carbonyl (C=O) groups excluding carboxylic acids is 1. The standard InChI is InChI=1S/C32H39N3O6/c1-35(18-16-26-8-4-5-17-33-26)21-28-20-29(24-14-12-23(22-36)13-15-24)41-32(40-28)25-7-6-9-27(19-25)34-30(37)10-2-3-11-31(38)39/h4-9,12-15,17,19,28-29,32,36H,2-3,10-11,16,18,20-22H2,1H3,(H,34,37)(H,38,39)/t28-,29+,32+/m1/s1. The summed E-state index contributed by atoms with van der Waals surface area (Å²) in [5.74, 6) is -1.02. The average Bonchev–Trinajstić information content (AvgIpc) is 2.99. The molecule has 4 rings (SSSR count). The molecule has 218 valence electrons. The van der Waals surface area contributed by atoms with Gasteiger partial charge in [-0.2, -0.15) is 0 Å². The van der Waals surface area contributed by atoms with Crippen LogP contribution in [0.3, 0.4) is 0 Å². The average molecular weight is 562 g/mol. The van der Waals surface area contributed by atoms with Crippen molar-refractivity contribution in [3.63, 3.8) is 0 Å². The van der Waals surface area contributed by atoms with Gasteiger partial charge in [-0.3, -0.25) is 14.6 Å². The van der Waals surface area contributed by atoms with Crippen molar-refractivity contribution in [3.8, 4) is 0 Å². The number of benzene rings is 2. The lowest BCUT2D eigenvalue weighted by Crippen LogP contribution is -2.38. The first-order chi connectivity index (χ1) is 19.9. The fraction of sp³-hybridized carbons (Fsp3) is 0.406. The van der Waals surface area contributed by atoms with Crippen LogP contribution in [-0.2, 0) is 32.1 Å². The Bertz CT molecular complexity index is 1250. The minimum Gasteiger partial charge on any atom is -0.481 e. The summed E-state index contributed by atoms with van der Waals surface area (Å²) in [6, 6.07) is 21.2. The van der Waals surface area contributed by atoms with Crippen molar-refractivity contribution in [2.24, 2.45) is 0 Å². The summed E-state index contributed by atoms with van der Waals surface area (Å²) in [6.45, 7) is 1.54. The highest BCUT2D eigenvalue weighted by molar-refractivity contribution is 5.90. The molecule has 0 spiro atoms. The minimum absolute atomic E-state index is 0.0146. The second-order valence-corrected chi connectivity index (χ2v) is 10.5. The molecule has 0 bridgehead atoms. The lowest BCUT2D eigenvalue weighted by molar-refractivity contribution is -0.252. The van der Waals surface area contributed by atoms with E-state index >= 15 is 0 Å². The molecule has 0 saturated carbocycles.